The lowest BCUT2D eigenvalue weighted by molar-refractivity contribution is 0.1000. The van der Waals surface area contributed by atoms with E-state index in [4.69, 9.17) is 10.5 Å². The second-order valence-electron chi connectivity index (χ2n) is 2.57. The minimum absolute atomic E-state index is 0.437. The summed E-state index contributed by atoms with van der Waals surface area (Å²) < 4.78 is 6.78. The molecule has 0 fully saturated rings. The third kappa shape index (κ3) is 2.48. The van der Waals surface area contributed by atoms with E-state index >= 15 is 0 Å². The maximum absolute atomic E-state index is 10.9. The van der Waals surface area contributed by atoms with Crippen LogP contribution in [0.1, 0.15) is 17.3 Å². The van der Waals surface area contributed by atoms with Crippen molar-refractivity contribution in [3.05, 3.63) is 26.6 Å². The molecule has 0 unspecified atom stereocenters. The molecule has 0 saturated heterocycles. The third-order valence-electron chi connectivity index (χ3n) is 1.57. The van der Waals surface area contributed by atoms with Crippen molar-refractivity contribution in [1.29, 1.82) is 0 Å². The number of primary amides is 1. The summed E-state index contributed by atoms with van der Waals surface area (Å²) in [4.78, 5) is 10.9. The molecule has 0 aliphatic heterocycles. The predicted molar refractivity (Wildman–Crippen MR) is 61.5 cm³/mol. The van der Waals surface area contributed by atoms with Gasteiger partial charge in [-0.25, -0.2) is 0 Å². The van der Waals surface area contributed by atoms with Gasteiger partial charge in [-0.3, -0.25) is 4.79 Å². The summed E-state index contributed by atoms with van der Waals surface area (Å²) in [5.74, 6) is 0.215. The lowest BCUT2D eigenvalue weighted by Gasteiger charge is -2.09. The zero-order valence-electron chi connectivity index (χ0n) is 7.51. The summed E-state index contributed by atoms with van der Waals surface area (Å²) >= 11 is 6.61. The van der Waals surface area contributed by atoms with Crippen molar-refractivity contribution >= 4 is 37.8 Å². The Labute approximate surface area is 98.9 Å². The molecule has 0 aliphatic rings. The third-order valence-corrected chi connectivity index (χ3v) is 2.75. The average Bonchev–Trinajstić information content (AvgIpc) is 2.10. The van der Waals surface area contributed by atoms with Crippen LogP contribution in [0, 0.1) is 0 Å². The molecule has 0 saturated carbocycles. The number of amides is 1. The SMILES string of the molecule is CCOc1c(Br)cc(C(N)=O)cc1Br. The second kappa shape index (κ2) is 4.79. The number of benzene rings is 1. The van der Waals surface area contributed by atoms with E-state index in [-0.39, 0.29) is 0 Å². The van der Waals surface area contributed by atoms with Crippen LogP contribution in [0.3, 0.4) is 0 Å². The number of carbonyl (C=O) groups excluding carboxylic acids is 1. The van der Waals surface area contributed by atoms with Crippen LogP contribution < -0.4 is 10.5 Å². The molecule has 3 nitrogen and oxygen atoms in total. The van der Waals surface area contributed by atoms with Crippen LogP contribution >= 0.6 is 31.9 Å². The second-order valence-corrected chi connectivity index (χ2v) is 4.27. The van der Waals surface area contributed by atoms with E-state index in [1.165, 1.54) is 0 Å². The lowest BCUT2D eigenvalue weighted by Crippen LogP contribution is -2.11. The first-order chi connectivity index (χ1) is 6.56. The molecule has 2 N–H and O–H groups in total. The smallest absolute Gasteiger partial charge is 0.248 e. The molecule has 1 rings (SSSR count). The fraction of sp³-hybridized carbons (Fsp3) is 0.222. The van der Waals surface area contributed by atoms with Gasteiger partial charge in [-0.05, 0) is 50.9 Å². The fourth-order valence-corrected chi connectivity index (χ4v) is 2.40. The minimum atomic E-state index is -0.463. The topological polar surface area (TPSA) is 52.3 Å². The molecule has 1 aromatic carbocycles. The average molecular weight is 323 g/mol. The van der Waals surface area contributed by atoms with Gasteiger partial charge in [0, 0.05) is 5.56 Å². The number of carbonyl (C=O) groups is 1. The number of halogens is 2. The highest BCUT2D eigenvalue weighted by Crippen LogP contribution is 2.34. The van der Waals surface area contributed by atoms with E-state index in [9.17, 15) is 4.79 Å². The lowest BCUT2D eigenvalue weighted by atomic mass is 10.2. The first-order valence-electron chi connectivity index (χ1n) is 3.98. The van der Waals surface area contributed by atoms with Crippen molar-refractivity contribution in [2.24, 2.45) is 5.73 Å². The van der Waals surface area contributed by atoms with Gasteiger partial charge in [-0.2, -0.15) is 0 Å². The van der Waals surface area contributed by atoms with E-state index in [0.29, 0.717) is 26.9 Å². The Morgan fingerprint density at radius 1 is 1.43 bits per heavy atom. The molecule has 0 radical (unpaired) electrons. The molecule has 1 aromatic rings. The highest BCUT2D eigenvalue weighted by Gasteiger charge is 2.10. The van der Waals surface area contributed by atoms with E-state index in [1.54, 1.807) is 12.1 Å². The van der Waals surface area contributed by atoms with Crippen molar-refractivity contribution in [2.75, 3.05) is 6.61 Å². The molecule has 5 heteroatoms. The summed E-state index contributed by atoms with van der Waals surface area (Å²) in [6.07, 6.45) is 0. The number of nitrogens with two attached hydrogens (primary N) is 1. The van der Waals surface area contributed by atoms with Crippen molar-refractivity contribution < 1.29 is 9.53 Å². The van der Waals surface area contributed by atoms with Gasteiger partial charge in [0.25, 0.3) is 0 Å². The Morgan fingerprint density at radius 3 is 2.29 bits per heavy atom. The molecule has 0 bridgehead atoms. The largest absolute Gasteiger partial charge is 0.492 e. The van der Waals surface area contributed by atoms with Crippen molar-refractivity contribution in [1.82, 2.24) is 0 Å². The number of ether oxygens (including phenoxy) is 1. The van der Waals surface area contributed by atoms with Crippen LogP contribution in [0.2, 0.25) is 0 Å². The van der Waals surface area contributed by atoms with Gasteiger partial charge >= 0.3 is 0 Å². The van der Waals surface area contributed by atoms with Gasteiger partial charge in [-0.1, -0.05) is 0 Å². The van der Waals surface area contributed by atoms with Gasteiger partial charge in [0.15, 0.2) is 0 Å². The quantitative estimate of drug-likeness (QED) is 0.930. The number of hydrogen-bond acceptors (Lipinski definition) is 2. The van der Waals surface area contributed by atoms with E-state index in [0.717, 1.165) is 0 Å². The normalized spacial score (nSPS) is 9.93. The highest BCUT2D eigenvalue weighted by molar-refractivity contribution is 9.11. The first-order valence-corrected chi connectivity index (χ1v) is 5.56. The van der Waals surface area contributed by atoms with Crippen LogP contribution in [0.5, 0.6) is 5.75 Å². The molecular formula is C9H9Br2NO2. The molecule has 0 aromatic heterocycles. The van der Waals surface area contributed by atoms with E-state index in [1.807, 2.05) is 6.92 Å². The fourth-order valence-electron chi connectivity index (χ4n) is 0.984. The van der Waals surface area contributed by atoms with Crippen LogP contribution in [-0.4, -0.2) is 12.5 Å². The van der Waals surface area contributed by atoms with Gasteiger partial charge in [0.1, 0.15) is 5.75 Å². The van der Waals surface area contributed by atoms with E-state index in [2.05, 4.69) is 31.9 Å². The predicted octanol–water partition coefficient (Wildman–Crippen LogP) is 2.71. The molecule has 0 spiro atoms. The van der Waals surface area contributed by atoms with E-state index < -0.39 is 5.91 Å². The van der Waals surface area contributed by atoms with Crippen molar-refractivity contribution in [3.8, 4) is 5.75 Å². The standard InChI is InChI=1S/C9H9Br2NO2/c1-2-14-8-6(10)3-5(9(12)13)4-7(8)11/h3-4H,2H2,1H3,(H2,12,13). The first kappa shape index (κ1) is 11.5. The van der Waals surface area contributed by atoms with Crippen molar-refractivity contribution in [3.63, 3.8) is 0 Å². The van der Waals surface area contributed by atoms with Crippen LogP contribution in [-0.2, 0) is 0 Å². The summed E-state index contributed by atoms with van der Waals surface area (Å²) in [6, 6.07) is 3.27. The zero-order valence-corrected chi connectivity index (χ0v) is 10.7. The summed E-state index contributed by atoms with van der Waals surface area (Å²) in [6.45, 7) is 2.45. The van der Waals surface area contributed by atoms with Crippen molar-refractivity contribution in [2.45, 2.75) is 6.92 Å². The molecule has 0 aliphatic carbocycles. The monoisotopic (exact) mass is 321 g/mol. The van der Waals surface area contributed by atoms with Crippen LogP contribution in [0.4, 0.5) is 0 Å². The van der Waals surface area contributed by atoms with Crippen LogP contribution in [0.15, 0.2) is 21.1 Å². The molecule has 14 heavy (non-hydrogen) atoms. The summed E-state index contributed by atoms with van der Waals surface area (Å²) in [5, 5.41) is 0. The maximum atomic E-state index is 10.9. The van der Waals surface area contributed by atoms with Crippen LogP contribution in [0.25, 0.3) is 0 Å². The molecule has 0 atom stereocenters. The van der Waals surface area contributed by atoms with Gasteiger partial charge in [0.05, 0.1) is 15.6 Å². The number of rotatable bonds is 3. The van der Waals surface area contributed by atoms with Gasteiger partial charge in [0.2, 0.25) is 5.91 Å². The Morgan fingerprint density at radius 2 is 1.93 bits per heavy atom. The molecule has 76 valence electrons. The Kier molecular flexibility index (Phi) is 3.95. The number of hydrogen-bond donors (Lipinski definition) is 1. The molecule has 0 heterocycles. The minimum Gasteiger partial charge on any atom is -0.492 e. The maximum Gasteiger partial charge on any atom is 0.248 e. The zero-order chi connectivity index (χ0) is 10.7. The summed E-state index contributed by atoms with van der Waals surface area (Å²) in [5.41, 5.74) is 5.59. The Hall–Kier alpha value is -0.550. The molecular weight excluding hydrogens is 314 g/mol. The van der Waals surface area contributed by atoms with Gasteiger partial charge in [-0.15, -0.1) is 0 Å². The van der Waals surface area contributed by atoms with Gasteiger partial charge < -0.3 is 10.5 Å². The summed E-state index contributed by atoms with van der Waals surface area (Å²) in [7, 11) is 0. The highest BCUT2D eigenvalue weighted by atomic mass is 79.9. The Balaban J connectivity index is 3.18. The molecule has 1 amide bonds. The Bertz CT molecular complexity index is 343.